The molecule has 2 aromatic carbocycles. The number of rotatable bonds is 8. The van der Waals surface area contributed by atoms with Gasteiger partial charge in [0.15, 0.2) is 0 Å². The summed E-state index contributed by atoms with van der Waals surface area (Å²) in [6, 6.07) is 16.9. The molecule has 1 saturated heterocycles. The van der Waals surface area contributed by atoms with Crippen molar-refractivity contribution in [3.8, 4) is 22.9 Å². The fourth-order valence-corrected chi connectivity index (χ4v) is 6.28. The Labute approximate surface area is 239 Å². The average molecular weight is 551 g/mol. The predicted molar refractivity (Wildman–Crippen MR) is 163 cm³/mol. The van der Waals surface area contributed by atoms with Crippen LogP contribution in [0.25, 0.3) is 22.0 Å². The van der Waals surface area contributed by atoms with Crippen LogP contribution in [0.3, 0.4) is 0 Å². The Morgan fingerprint density at radius 3 is 2.70 bits per heavy atom. The molecule has 0 aliphatic carbocycles. The summed E-state index contributed by atoms with van der Waals surface area (Å²) < 4.78 is 6.63. The summed E-state index contributed by atoms with van der Waals surface area (Å²) in [6.45, 7) is 8.30. The van der Waals surface area contributed by atoms with Gasteiger partial charge in [0, 0.05) is 35.2 Å². The molecule has 0 unspecified atom stereocenters. The zero-order valence-electron chi connectivity index (χ0n) is 23.2. The molecule has 1 atom stereocenters. The van der Waals surface area contributed by atoms with Crippen molar-refractivity contribution >= 4 is 28.1 Å². The number of aryl methyl sites for hydroxylation is 5. The van der Waals surface area contributed by atoms with Gasteiger partial charge in [-0.25, -0.2) is 19.9 Å². The van der Waals surface area contributed by atoms with Crippen LogP contribution >= 0.6 is 11.3 Å². The Kier molecular flexibility index (Phi) is 7.71. The number of benzene rings is 2. The topological polar surface area (TPSA) is 84.9 Å². The summed E-state index contributed by atoms with van der Waals surface area (Å²) in [4.78, 5) is 20.0. The predicted octanol–water partition coefficient (Wildman–Crippen LogP) is 6.81. The summed E-state index contributed by atoms with van der Waals surface area (Å²) in [7, 11) is 0. The first kappa shape index (κ1) is 26.3. The van der Waals surface area contributed by atoms with Crippen molar-refractivity contribution < 1.29 is 4.74 Å². The van der Waals surface area contributed by atoms with Crippen LogP contribution in [0, 0.1) is 20.8 Å². The van der Waals surface area contributed by atoms with E-state index in [2.05, 4.69) is 71.7 Å². The second-order valence-electron chi connectivity index (χ2n) is 10.4. The molecule has 8 heteroatoms. The van der Waals surface area contributed by atoms with Crippen LogP contribution in [0.1, 0.15) is 39.5 Å². The number of thiazole rings is 1. The van der Waals surface area contributed by atoms with Gasteiger partial charge in [0.2, 0.25) is 11.8 Å². The van der Waals surface area contributed by atoms with Crippen LogP contribution in [0.4, 0.5) is 5.95 Å². The second kappa shape index (κ2) is 11.7. The molecule has 1 fully saturated rings. The van der Waals surface area contributed by atoms with E-state index in [4.69, 9.17) is 14.7 Å². The standard InChI is InChI=1S/C32H34N6OS/c1-20-11-13-25-23(12-14-28-21(2)40-22(3)36-28)7-4-9-26(25)30(20)39-31-27(10-6-17-34-31)29-15-18-35-32(38-29)37-24-8-5-16-33-19-24/h4,6-7,9-11,13,15,17-18,24,33H,5,8,12,14,16,19H2,1-3H3,(H,35,37,38)/t24-/m0/s1. The van der Waals surface area contributed by atoms with Crippen molar-refractivity contribution in [2.75, 3.05) is 18.4 Å². The van der Waals surface area contributed by atoms with Gasteiger partial charge >= 0.3 is 0 Å². The molecular formula is C32H34N6OS. The van der Waals surface area contributed by atoms with Crippen molar-refractivity contribution in [1.29, 1.82) is 0 Å². The number of ether oxygens (including phenoxy) is 1. The molecule has 0 bridgehead atoms. The summed E-state index contributed by atoms with van der Waals surface area (Å²) in [5, 5.41) is 10.3. The number of aromatic nitrogens is 4. The first-order chi connectivity index (χ1) is 19.5. The third-order valence-corrected chi connectivity index (χ3v) is 8.39. The number of anilines is 1. The van der Waals surface area contributed by atoms with Crippen LogP contribution in [0.5, 0.6) is 11.6 Å². The molecule has 0 spiro atoms. The molecule has 1 aliphatic rings. The Hall–Kier alpha value is -3.88. The number of piperidine rings is 1. The maximum absolute atomic E-state index is 6.63. The number of nitrogens with zero attached hydrogens (tertiary/aromatic N) is 4. The first-order valence-corrected chi connectivity index (χ1v) is 14.7. The first-order valence-electron chi connectivity index (χ1n) is 13.9. The van der Waals surface area contributed by atoms with Crippen molar-refractivity contribution in [3.63, 3.8) is 0 Å². The van der Waals surface area contributed by atoms with Crippen LogP contribution in [0.2, 0.25) is 0 Å². The average Bonchev–Trinajstić information content (AvgIpc) is 3.30. The highest BCUT2D eigenvalue weighted by molar-refractivity contribution is 7.11. The van der Waals surface area contributed by atoms with Gasteiger partial charge in [-0.2, -0.15) is 0 Å². The minimum Gasteiger partial charge on any atom is -0.437 e. The van der Waals surface area contributed by atoms with Crippen molar-refractivity contribution in [2.24, 2.45) is 0 Å². The molecule has 0 radical (unpaired) electrons. The minimum absolute atomic E-state index is 0.324. The summed E-state index contributed by atoms with van der Waals surface area (Å²) in [5.74, 6) is 1.97. The molecule has 7 nitrogen and oxygen atoms in total. The van der Waals surface area contributed by atoms with Crippen LogP contribution < -0.4 is 15.4 Å². The molecule has 1 aliphatic heterocycles. The van der Waals surface area contributed by atoms with E-state index >= 15 is 0 Å². The van der Waals surface area contributed by atoms with E-state index in [9.17, 15) is 0 Å². The van der Waals surface area contributed by atoms with Gasteiger partial charge < -0.3 is 15.4 Å². The second-order valence-corrected chi connectivity index (χ2v) is 11.8. The number of pyridine rings is 1. The Bertz CT molecular complexity index is 1640. The number of fused-ring (bicyclic) bond motifs is 1. The summed E-state index contributed by atoms with van der Waals surface area (Å²) in [6.07, 6.45) is 7.65. The van der Waals surface area contributed by atoms with E-state index in [-0.39, 0.29) is 0 Å². The molecule has 204 valence electrons. The van der Waals surface area contributed by atoms with E-state index in [1.807, 2.05) is 18.2 Å². The third-order valence-electron chi connectivity index (χ3n) is 7.46. The Balaban J connectivity index is 1.30. The highest BCUT2D eigenvalue weighted by atomic mass is 32.1. The van der Waals surface area contributed by atoms with E-state index < -0.39 is 0 Å². The lowest BCUT2D eigenvalue weighted by Crippen LogP contribution is -2.38. The lowest BCUT2D eigenvalue weighted by Gasteiger charge is -2.23. The van der Waals surface area contributed by atoms with Crippen LogP contribution in [-0.4, -0.2) is 39.1 Å². The molecule has 2 N–H and O–H groups in total. The molecule has 40 heavy (non-hydrogen) atoms. The monoisotopic (exact) mass is 550 g/mol. The van der Waals surface area contributed by atoms with Gasteiger partial charge in [-0.1, -0.05) is 30.3 Å². The summed E-state index contributed by atoms with van der Waals surface area (Å²) >= 11 is 1.77. The highest BCUT2D eigenvalue weighted by Gasteiger charge is 2.17. The SMILES string of the molecule is Cc1nc(CCc2cccc3c(Oc4ncccc4-c4ccnc(N[C@H]5CCCNC5)n4)c(C)ccc23)c(C)s1. The highest BCUT2D eigenvalue weighted by Crippen LogP contribution is 2.37. The minimum atomic E-state index is 0.324. The number of nitrogens with one attached hydrogen (secondary N) is 2. The van der Waals surface area contributed by atoms with Gasteiger partial charge in [0.25, 0.3) is 0 Å². The molecule has 6 rings (SSSR count). The van der Waals surface area contributed by atoms with Gasteiger partial charge in [0.1, 0.15) is 5.75 Å². The molecule has 4 heterocycles. The largest absolute Gasteiger partial charge is 0.437 e. The van der Waals surface area contributed by atoms with E-state index in [1.165, 1.54) is 21.5 Å². The fourth-order valence-electron chi connectivity index (χ4n) is 5.41. The van der Waals surface area contributed by atoms with Crippen LogP contribution in [-0.2, 0) is 12.8 Å². The molecule has 0 amide bonds. The number of hydrogen-bond donors (Lipinski definition) is 2. The normalized spacial score (nSPS) is 15.3. The van der Waals surface area contributed by atoms with E-state index in [0.717, 1.165) is 71.7 Å². The van der Waals surface area contributed by atoms with Crippen molar-refractivity contribution in [1.82, 2.24) is 25.3 Å². The Morgan fingerprint density at radius 1 is 0.950 bits per heavy atom. The molecular weight excluding hydrogens is 516 g/mol. The lowest BCUT2D eigenvalue weighted by molar-refractivity contribution is 0.466. The van der Waals surface area contributed by atoms with Gasteiger partial charge in [0.05, 0.1) is 22.0 Å². The van der Waals surface area contributed by atoms with Crippen molar-refractivity contribution in [3.05, 3.63) is 87.6 Å². The Morgan fingerprint density at radius 2 is 1.88 bits per heavy atom. The number of hydrogen-bond acceptors (Lipinski definition) is 8. The fraction of sp³-hybridized carbons (Fsp3) is 0.312. The molecule has 5 aromatic rings. The van der Waals surface area contributed by atoms with E-state index in [0.29, 0.717) is 17.9 Å². The van der Waals surface area contributed by atoms with Gasteiger partial charge in [-0.3, -0.25) is 0 Å². The van der Waals surface area contributed by atoms with Gasteiger partial charge in [-0.15, -0.1) is 11.3 Å². The molecule has 3 aromatic heterocycles. The smallest absolute Gasteiger partial charge is 0.228 e. The summed E-state index contributed by atoms with van der Waals surface area (Å²) in [5.41, 5.74) is 5.15. The maximum atomic E-state index is 6.63. The van der Waals surface area contributed by atoms with Crippen LogP contribution in [0.15, 0.2) is 60.9 Å². The van der Waals surface area contributed by atoms with Crippen molar-refractivity contribution in [2.45, 2.75) is 52.5 Å². The lowest BCUT2D eigenvalue weighted by atomic mass is 9.97. The third kappa shape index (κ3) is 5.69. The zero-order valence-corrected chi connectivity index (χ0v) is 24.0. The quantitative estimate of drug-likeness (QED) is 0.219. The van der Waals surface area contributed by atoms with Gasteiger partial charge in [-0.05, 0) is 87.7 Å². The zero-order chi connectivity index (χ0) is 27.5. The maximum Gasteiger partial charge on any atom is 0.228 e. The van der Waals surface area contributed by atoms with E-state index in [1.54, 1.807) is 23.7 Å². The molecule has 0 saturated carbocycles.